The maximum absolute atomic E-state index is 9.33. The molecule has 3 atom stereocenters. The van der Waals surface area contributed by atoms with Crippen LogP contribution < -0.4 is 0 Å². The highest BCUT2D eigenvalue weighted by Crippen LogP contribution is 2.52. The summed E-state index contributed by atoms with van der Waals surface area (Å²) >= 11 is 0. The fourth-order valence-corrected chi connectivity index (χ4v) is 3.58. The SMILES string of the molecule is CCCCn1nnc2c1CC[C@H]1C(CC2)[C@@H]1CO. The van der Waals surface area contributed by atoms with Gasteiger partial charge in [-0.15, -0.1) is 5.10 Å². The summed E-state index contributed by atoms with van der Waals surface area (Å²) in [5.74, 6) is 2.09. The summed E-state index contributed by atoms with van der Waals surface area (Å²) in [6.07, 6.45) is 6.94. The number of aliphatic hydroxyl groups excluding tert-OH is 1. The molecule has 4 heteroatoms. The van der Waals surface area contributed by atoms with E-state index in [1.54, 1.807) is 0 Å². The molecule has 18 heavy (non-hydrogen) atoms. The Bertz CT molecular complexity index is 415. The molecule has 1 saturated carbocycles. The molecule has 0 bridgehead atoms. The number of unbranched alkanes of at least 4 members (excludes halogenated alkanes) is 1. The monoisotopic (exact) mass is 249 g/mol. The normalized spacial score (nSPS) is 30.2. The predicted octanol–water partition coefficient (Wildman–Crippen LogP) is 1.81. The van der Waals surface area contributed by atoms with Gasteiger partial charge in [-0.1, -0.05) is 18.6 Å². The standard InChI is InChI=1S/C14H23N3O/c1-2-3-8-17-14-7-5-11-10(12(11)9-18)4-6-13(14)15-16-17/h10-12,18H,2-9H2,1H3/t10?,11-,12-/m0/s1. The maximum atomic E-state index is 9.33. The number of fused-ring (bicyclic) bond motifs is 2. The van der Waals surface area contributed by atoms with Gasteiger partial charge in [0.15, 0.2) is 0 Å². The van der Waals surface area contributed by atoms with Crippen molar-refractivity contribution in [2.75, 3.05) is 6.61 Å². The molecule has 2 aliphatic rings. The Morgan fingerprint density at radius 3 is 2.78 bits per heavy atom. The zero-order valence-corrected chi connectivity index (χ0v) is 11.2. The lowest BCUT2D eigenvalue weighted by molar-refractivity contribution is 0.262. The third kappa shape index (κ3) is 2.07. The summed E-state index contributed by atoms with van der Waals surface area (Å²) in [5.41, 5.74) is 2.58. The first-order valence-electron chi connectivity index (χ1n) is 7.37. The first kappa shape index (κ1) is 12.2. The van der Waals surface area contributed by atoms with Crippen LogP contribution in [0, 0.1) is 17.8 Å². The van der Waals surface area contributed by atoms with Crippen LogP contribution >= 0.6 is 0 Å². The average Bonchev–Trinajstić information content (AvgIpc) is 2.89. The fourth-order valence-electron chi connectivity index (χ4n) is 3.58. The second kappa shape index (κ2) is 5.00. The van der Waals surface area contributed by atoms with E-state index in [-0.39, 0.29) is 0 Å². The van der Waals surface area contributed by atoms with Crippen molar-refractivity contribution < 1.29 is 5.11 Å². The van der Waals surface area contributed by atoms with Crippen molar-refractivity contribution in [2.24, 2.45) is 17.8 Å². The van der Waals surface area contributed by atoms with Crippen LogP contribution in [0.5, 0.6) is 0 Å². The van der Waals surface area contributed by atoms with Crippen LogP contribution in [-0.4, -0.2) is 26.7 Å². The van der Waals surface area contributed by atoms with Gasteiger partial charge in [0.2, 0.25) is 0 Å². The summed E-state index contributed by atoms with van der Waals surface area (Å²) < 4.78 is 2.12. The molecule has 1 aromatic rings. The smallest absolute Gasteiger partial charge is 0.0859 e. The topological polar surface area (TPSA) is 50.9 Å². The molecule has 1 N–H and O–H groups in total. The van der Waals surface area contributed by atoms with Gasteiger partial charge in [0.25, 0.3) is 0 Å². The first-order valence-corrected chi connectivity index (χ1v) is 7.37. The third-order valence-electron chi connectivity index (χ3n) is 4.79. The quantitative estimate of drug-likeness (QED) is 0.885. The van der Waals surface area contributed by atoms with Crippen molar-refractivity contribution >= 4 is 0 Å². The van der Waals surface area contributed by atoms with Crippen LogP contribution in [0.15, 0.2) is 0 Å². The lowest BCUT2D eigenvalue weighted by Crippen LogP contribution is -2.08. The number of nitrogens with zero attached hydrogens (tertiary/aromatic N) is 3. The van der Waals surface area contributed by atoms with Gasteiger partial charge in [-0.25, -0.2) is 4.68 Å². The largest absolute Gasteiger partial charge is 0.396 e. The lowest BCUT2D eigenvalue weighted by Gasteiger charge is -2.10. The first-order chi connectivity index (χ1) is 8.85. The van der Waals surface area contributed by atoms with E-state index in [9.17, 15) is 5.11 Å². The molecule has 2 aliphatic carbocycles. The highest BCUT2D eigenvalue weighted by Gasteiger charge is 2.49. The van der Waals surface area contributed by atoms with Crippen molar-refractivity contribution in [3.05, 3.63) is 11.4 Å². The molecule has 0 spiro atoms. The molecule has 4 nitrogen and oxygen atoms in total. The van der Waals surface area contributed by atoms with E-state index in [1.807, 2.05) is 0 Å². The predicted molar refractivity (Wildman–Crippen MR) is 69.1 cm³/mol. The molecule has 0 aromatic carbocycles. The second-order valence-electron chi connectivity index (χ2n) is 5.81. The summed E-state index contributed by atoms with van der Waals surface area (Å²) in [4.78, 5) is 0. The Morgan fingerprint density at radius 1 is 1.28 bits per heavy atom. The highest BCUT2D eigenvalue weighted by molar-refractivity contribution is 5.15. The van der Waals surface area contributed by atoms with Gasteiger partial charge in [0.05, 0.1) is 11.4 Å². The molecule has 0 aliphatic heterocycles. The molecule has 1 aromatic heterocycles. The number of hydrogen-bond donors (Lipinski definition) is 1. The Labute approximate surface area is 108 Å². The minimum Gasteiger partial charge on any atom is -0.396 e. The van der Waals surface area contributed by atoms with Crippen LogP contribution in [-0.2, 0) is 19.4 Å². The van der Waals surface area contributed by atoms with Gasteiger partial charge in [-0.05, 0) is 49.9 Å². The molecule has 1 fully saturated rings. The molecule has 0 amide bonds. The van der Waals surface area contributed by atoms with E-state index in [1.165, 1.54) is 37.1 Å². The zero-order chi connectivity index (χ0) is 12.5. The van der Waals surface area contributed by atoms with E-state index in [4.69, 9.17) is 0 Å². The van der Waals surface area contributed by atoms with Crippen LogP contribution in [0.25, 0.3) is 0 Å². The maximum Gasteiger partial charge on any atom is 0.0859 e. The Hall–Kier alpha value is -0.900. The minimum atomic E-state index is 0.376. The van der Waals surface area contributed by atoms with Crippen LogP contribution in [0.2, 0.25) is 0 Å². The average molecular weight is 249 g/mol. The lowest BCUT2D eigenvalue weighted by atomic mass is 10.0. The number of rotatable bonds is 4. The van der Waals surface area contributed by atoms with Gasteiger partial charge < -0.3 is 5.11 Å². The number of aliphatic hydroxyl groups is 1. The van der Waals surface area contributed by atoms with Crippen molar-refractivity contribution in [1.82, 2.24) is 15.0 Å². The Morgan fingerprint density at radius 2 is 2.06 bits per heavy atom. The Kier molecular flexibility index (Phi) is 3.37. The van der Waals surface area contributed by atoms with Crippen molar-refractivity contribution in [3.63, 3.8) is 0 Å². The van der Waals surface area contributed by atoms with E-state index < -0.39 is 0 Å². The third-order valence-corrected chi connectivity index (χ3v) is 4.79. The summed E-state index contributed by atoms with van der Waals surface area (Å²) in [6.45, 7) is 3.60. The van der Waals surface area contributed by atoms with E-state index >= 15 is 0 Å². The number of aryl methyl sites for hydroxylation is 2. The molecule has 1 heterocycles. The minimum absolute atomic E-state index is 0.376. The molecular formula is C14H23N3O. The fraction of sp³-hybridized carbons (Fsp3) is 0.857. The van der Waals surface area contributed by atoms with E-state index in [2.05, 4.69) is 21.9 Å². The van der Waals surface area contributed by atoms with Gasteiger partial charge in [0, 0.05) is 13.2 Å². The highest BCUT2D eigenvalue weighted by atomic mass is 16.3. The molecule has 3 rings (SSSR count). The molecule has 1 unspecified atom stereocenters. The summed E-state index contributed by atoms with van der Waals surface area (Å²) in [6, 6.07) is 0. The van der Waals surface area contributed by atoms with Crippen molar-refractivity contribution in [1.29, 1.82) is 0 Å². The van der Waals surface area contributed by atoms with Crippen molar-refractivity contribution in [3.8, 4) is 0 Å². The van der Waals surface area contributed by atoms with Gasteiger partial charge >= 0.3 is 0 Å². The summed E-state index contributed by atoms with van der Waals surface area (Å²) in [7, 11) is 0. The molecule has 0 radical (unpaired) electrons. The van der Waals surface area contributed by atoms with Crippen molar-refractivity contribution in [2.45, 2.75) is 52.0 Å². The van der Waals surface area contributed by atoms with E-state index in [0.29, 0.717) is 12.5 Å². The Balaban J connectivity index is 1.72. The molecular weight excluding hydrogens is 226 g/mol. The zero-order valence-electron chi connectivity index (χ0n) is 11.2. The molecule has 0 saturated heterocycles. The van der Waals surface area contributed by atoms with E-state index in [0.717, 1.165) is 31.2 Å². The van der Waals surface area contributed by atoms with Crippen LogP contribution in [0.1, 0.15) is 44.0 Å². The van der Waals surface area contributed by atoms with Crippen LogP contribution in [0.3, 0.4) is 0 Å². The summed E-state index contributed by atoms with van der Waals surface area (Å²) in [5, 5.41) is 18.0. The van der Waals surface area contributed by atoms with Gasteiger partial charge in [-0.2, -0.15) is 0 Å². The molecule has 100 valence electrons. The number of hydrogen-bond acceptors (Lipinski definition) is 3. The van der Waals surface area contributed by atoms with Gasteiger partial charge in [-0.3, -0.25) is 0 Å². The van der Waals surface area contributed by atoms with Crippen LogP contribution in [0.4, 0.5) is 0 Å². The van der Waals surface area contributed by atoms with Gasteiger partial charge in [0.1, 0.15) is 0 Å². The second-order valence-corrected chi connectivity index (χ2v) is 5.81. The number of aromatic nitrogens is 3.